The molecule has 0 aromatic heterocycles. The van der Waals surface area contributed by atoms with Crippen molar-refractivity contribution in [2.45, 2.75) is 121 Å². The Morgan fingerprint density at radius 1 is 0.862 bits per heavy atom. The molecule has 0 aromatic carbocycles. The first-order chi connectivity index (χ1) is 14.2. The van der Waals surface area contributed by atoms with Crippen LogP contribution in [0.1, 0.15) is 96.8 Å². The predicted octanol–water partition coefficient (Wildman–Crippen LogP) is 4.52. The molecule has 0 aliphatic carbocycles. The molecule has 29 heavy (non-hydrogen) atoms. The first-order valence-electron chi connectivity index (χ1n) is 12.1. The maximum Gasteiger partial charge on any atom is 0.114 e. The molecule has 5 heteroatoms. The third-order valence-corrected chi connectivity index (χ3v) is 5.71. The number of ether oxygens (including phenoxy) is 2. The average molecular weight is 415 g/mol. The van der Waals surface area contributed by atoms with Gasteiger partial charge in [0.05, 0.1) is 13.2 Å². The molecule has 172 valence electrons. The second-order valence-electron chi connectivity index (χ2n) is 8.39. The molecule has 1 saturated heterocycles. The summed E-state index contributed by atoms with van der Waals surface area (Å²) in [7, 11) is 0. The molecule has 5 nitrogen and oxygen atoms in total. The molecule has 0 saturated carbocycles. The zero-order chi connectivity index (χ0) is 21.2. The SMILES string of the molecule is CCC/C=C/CCCCCCCCCCCCCO[C@@H](CO)[C@H]1OC[C@@H](O)[C@H]1O. The minimum absolute atomic E-state index is 0.0993. The smallest absolute Gasteiger partial charge is 0.114 e. The lowest BCUT2D eigenvalue weighted by molar-refractivity contribution is -0.101. The molecule has 4 atom stereocenters. The summed E-state index contributed by atoms with van der Waals surface area (Å²) in [6, 6.07) is 0. The summed E-state index contributed by atoms with van der Waals surface area (Å²) in [5.41, 5.74) is 0. The van der Waals surface area contributed by atoms with Gasteiger partial charge >= 0.3 is 0 Å². The van der Waals surface area contributed by atoms with E-state index in [1.165, 1.54) is 77.0 Å². The molecule has 0 radical (unpaired) electrons. The van der Waals surface area contributed by atoms with Crippen molar-refractivity contribution in [1.82, 2.24) is 0 Å². The number of aliphatic hydroxyl groups is 3. The summed E-state index contributed by atoms with van der Waals surface area (Å²) in [4.78, 5) is 0. The molecule has 0 spiro atoms. The standard InChI is InChI=1S/C24H46O5/c1-2-3-4-5-6-7-8-9-10-11-12-13-14-15-16-17-18-28-22(19-25)24-23(27)21(26)20-29-24/h4-5,21-27H,2-3,6-20H2,1H3/b5-4+/t21-,22+,23-,24-/m1/s1. The van der Waals surface area contributed by atoms with Crippen molar-refractivity contribution < 1.29 is 24.8 Å². The summed E-state index contributed by atoms with van der Waals surface area (Å²) in [6.45, 7) is 2.67. The van der Waals surface area contributed by atoms with Gasteiger partial charge in [0.15, 0.2) is 0 Å². The van der Waals surface area contributed by atoms with Gasteiger partial charge in [-0.05, 0) is 25.7 Å². The molecule has 0 unspecified atom stereocenters. The van der Waals surface area contributed by atoms with Crippen LogP contribution in [0, 0.1) is 0 Å². The van der Waals surface area contributed by atoms with E-state index in [9.17, 15) is 15.3 Å². The largest absolute Gasteiger partial charge is 0.394 e. The van der Waals surface area contributed by atoms with Gasteiger partial charge < -0.3 is 24.8 Å². The third-order valence-electron chi connectivity index (χ3n) is 5.71. The summed E-state index contributed by atoms with van der Waals surface area (Å²) in [5, 5.41) is 28.8. The van der Waals surface area contributed by atoms with Gasteiger partial charge in [0.1, 0.15) is 24.4 Å². The second-order valence-corrected chi connectivity index (χ2v) is 8.39. The van der Waals surface area contributed by atoms with Crippen molar-refractivity contribution in [1.29, 1.82) is 0 Å². The molecule has 3 N–H and O–H groups in total. The van der Waals surface area contributed by atoms with E-state index in [1.54, 1.807) is 0 Å². The zero-order valence-corrected chi connectivity index (χ0v) is 18.6. The highest BCUT2D eigenvalue weighted by Crippen LogP contribution is 2.20. The highest BCUT2D eigenvalue weighted by atomic mass is 16.6. The monoisotopic (exact) mass is 414 g/mol. The van der Waals surface area contributed by atoms with Crippen molar-refractivity contribution in [3.05, 3.63) is 12.2 Å². The van der Waals surface area contributed by atoms with Crippen LogP contribution in [0.25, 0.3) is 0 Å². The lowest BCUT2D eigenvalue weighted by Crippen LogP contribution is -2.42. The van der Waals surface area contributed by atoms with Crippen molar-refractivity contribution in [2.24, 2.45) is 0 Å². The van der Waals surface area contributed by atoms with Crippen LogP contribution in [0.4, 0.5) is 0 Å². The Bertz CT molecular complexity index is 387. The highest BCUT2D eigenvalue weighted by molar-refractivity contribution is 4.88. The van der Waals surface area contributed by atoms with Crippen LogP contribution in [-0.2, 0) is 9.47 Å². The number of unbranched alkanes of at least 4 members (excludes halogenated alkanes) is 12. The Balaban J connectivity index is 1.83. The summed E-state index contributed by atoms with van der Waals surface area (Å²) >= 11 is 0. The quantitative estimate of drug-likeness (QED) is 0.214. The van der Waals surface area contributed by atoms with Crippen LogP contribution in [0.2, 0.25) is 0 Å². The Morgan fingerprint density at radius 3 is 1.93 bits per heavy atom. The Morgan fingerprint density at radius 2 is 1.41 bits per heavy atom. The summed E-state index contributed by atoms with van der Waals surface area (Å²) in [6.07, 6.45) is 19.4. The van der Waals surface area contributed by atoms with Gasteiger partial charge in [-0.1, -0.05) is 83.3 Å². The Hall–Kier alpha value is -0.460. The first-order valence-corrected chi connectivity index (χ1v) is 12.1. The number of aliphatic hydroxyl groups excluding tert-OH is 3. The van der Waals surface area contributed by atoms with Crippen molar-refractivity contribution >= 4 is 0 Å². The van der Waals surface area contributed by atoms with Crippen LogP contribution < -0.4 is 0 Å². The van der Waals surface area contributed by atoms with Gasteiger partial charge in [-0.2, -0.15) is 0 Å². The van der Waals surface area contributed by atoms with E-state index in [-0.39, 0.29) is 13.2 Å². The number of hydrogen-bond acceptors (Lipinski definition) is 5. The lowest BCUT2D eigenvalue weighted by Gasteiger charge is -2.24. The molecule has 1 rings (SSSR count). The topological polar surface area (TPSA) is 79.2 Å². The maximum atomic E-state index is 9.83. The second kappa shape index (κ2) is 18.3. The first kappa shape index (κ1) is 26.6. The number of rotatable bonds is 19. The summed E-state index contributed by atoms with van der Waals surface area (Å²) < 4.78 is 11.0. The average Bonchev–Trinajstić information content (AvgIpc) is 3.06. The molecule has 0 amide bonds. The molecular formula is C24H46O5. The molecule has 0 aromatic rings. The van der Waals surface area contributed by atoms with E-state index in [4.69, 9.17) is 9.47 Å². The fourth-order valence-electron chi connectivity index (χ4n) is 3.80. The third kappa shape index (κ3) is 12.7. The molecule has 1 aliphatic rings. The fourth-order valence-corrected chi connectivity index (χ4v) is 3.80. The normalized spacial score (nSPS) is 23.2. The van der Waals surface area contributed by atoms with E-state index in [0.717, 1.165) is 12.8 Å². The van der Waals surface area contributed by atoms with Gasteiger partial charge in [0, 0.05) is 6.61 Å². The van der Waals surface area contributed by atoms with Gasteiger partial charge in [-0.3, -0.25) is 0 Å². The molecule has 0 bridgehead atoms. The van der Waals surface area contributed by atoms with Crippen LogP contribution in [0.3, 0.4) is 0 Å². The zero-order valence-electron chi connectivity index (χ0n) is 18.6. The molecule has 1 heterocycles. The van der Waals surface area contributed by atoms with Crippen LogP contribution in [-0.4, -0.2) is 59.6 Å². The van der Waals surface area contributed by atoms with E-state index in [2.05, 4.69) is 19.1 Å². The molecule has 1 aliphatic heterocycles. The predicted molar refractivity (Wildman–Crippen MR) is 118 cm³/mol. The van der Waals surface area contributed by atoms with Crippen LogP contribution >= 0.6 is 0 Å². The van der Waals surface area contributed by atoms with E-state index < -0.39 is 24.4 Å². The van der Waals surface area contributed by atoms with Crippen molar-refractivity contribution in [3.8, 4) is 0 Å². The number of hydrogen-bond donors (Lipinski definition) is 3. The molecule has 1 fully saturated rings. The fraction of sp³-hybridized carbons (Fsp3) is 0.917. The van der Waals surface area contributed by atoms with Gasteiger partial charge in [0.2, 0.25) is 0 Å². The van der Waals surface area contributed by atoms with Gasteiger partial charge in [-0.15, -0.1) is 0 Å². The van der Waals surface area contributed by atoms with Crippen LogP contribution in [0.5, 0.6) is 0 Å². The summed E-state index contributed by atoms with van der Waals surface area (Å²) in [5.74, 6) is 0. The van der Waals surface area contributed by atoms with Crippen LogP contribution in [0.15, 0.2) is 12.2 Å². The minimum Gasteiger partial charge on any atom is -0.394 e. The van der Waals surface area contributed by atoms with E-state index in [1.807, 2.05) is 0 Å². The Labute approximate surface area is 178 Å². The van der Waals surface area contributed by atoms with E-state index in [0.29, 0.717) is 6.61 Å². The Kier molecular flexibility index (Phi) is 16.8. The van der Waals surface area contributed by atoms with Gasteiger partial charge in [0.25, 0.3) is 0 Å². The number of allylic oxidation sites excluding steroid dienone is 2. The highest BCUT2D eigenvalue weighted by Gasteiger charge is 2.40. The molecular weight excluding hydrogens is 368 g/mol. The van der Waals surface area contributed by atoms with E-state index >= 15 is 0 Å². The van der Waals surface area contributed by atoms with Gasteiger partial charge in [-0.25, -0.2) is 0 Å². The van der Waals surface area contributed by atoms with Crippen molar-refractivity contribution in [2.75, 3.05) is 19.8 Å². The van der Waals surface area contributed by atoms with Crippen molar-refractivity contribution in [3.63, 3.8) is 0 Å². The minimum atomic E-state index is -0.977. The maximum absolute atomic E-state index is 9.83. The lowest BCUT2D eigenvalue weighted by atomic mass is 10.0.